The summed E-state index contributed by atoms with van der Waals surface area (Å²) in [4.78, 5) is 11.5. The first-order valence-corrected chi connectivity index (χ1v) is 5.48. The van der Waals surface area contributed by atoms with Gasteiger partial charge in [0.25, 0.3) is 0 Å². The van der Waals surface area contributed by atoms with E-state index in [1.54, 1.807) is 0 Å². The summed E-state index contributed by atoms with van der Waals surface area (Å²) in [6.45, 7) is 0.363. The van der Waals surface area contributed by atoms with Crippen LogP contribution in [0.5, 0.6) is 5.06 Å². The summed E-state index contributed by atoms with van der Waals surface area (Å²) in [7, 11) is 1.31. The Bertz CT molecular complexity index is 324. The third kappa shape index (κ3) is 2.77. The van der Waals surface area contributed by atoms with Crippen molar-refractivity contribution in [1.82, 2.24) is 0 Å². The number of esters is 1. The van der Waals surface area contributed by atoms with E-state index in [9.17, 15) is 4.79 Å². The van der Waals surface area contributed by atoms with Crippen LogP contribution in [0.1, 0.15) is 9.67 Å². The second-order valence-electron chi connectivity index (χ2n) is 2.28. The molecule has 0 N–H and O–H groups in total. The van der Waals surface area contributed by atoms with Gasteiger partial charge >= 0.3 is 5.97 Å². The molecule has 0 radical (unpaired) electrons. The van der Waals surface area contributed by atoms with E-state index < -0.39 is 5.97 Å². The van der Waals surface area contributed by atoms with Crippen molar-refractivity contribution in [1.29, 1.82) is 0 Å². The lowest BCUT2D eigenvalue weighted by molar-refractivity contribution is 0.0606. The summed E-state index contributed by atoms with van der Waals surface area (Å²) in [5.41, 5.74) is 0. The SMILES string of the molecule is COC(=O)c1cc(Cl)c(OCCCl)s1. The van der Waals surface area contributed by atoms with Crippen molar-refractivity contribution in [2.45, 2.75) is 0 Å². The fourth-order valence-electron chi connectivity index (χ4n) is 0.783. The Morgan fingerprint density at radius 1 is 1.64 bits per heavy atom. The molecule has 0 aromatic carbocycles. The zero-order valence-corrected chi connectivity index (χ0v) is 9.71. The van der Waals surface area contributed by atoms with Gasteiger partial charge in [0.1, 0.15) is 11.5 Å². The van der Waals surface area contributed by atoms with Gasteiger partial charge in [0.15, 0.2) is 5.06 Å². The van der Waals surface area contributed by atoms with Crippen molar-refractivity contribution in [2.75, 3.05) is 19.6 Å². The molecular formula is C8H8Cl2O3S. The molecule has 0 spiro atoms. The van der Waals surface area contributed by atoms with E-state index in [1.807, 2.05) is 0 Å². The number of alkyl halides is 1. The van der Waals surface area contributed by atoms with Gasteiger partial charge in [0, 0.05) is 0 Å². The first-order valence-electron chi connectivity index (χ1n) is 3.75. The second kappa shape index (κ2) is 5.44. The number of halogens is 2. The van der Waals surface area contributed by atoms with Crippen molar-refractivity contribution < 1.29 is 14.3 Å². The highest BCUT2D eigenvalue weighted by atomic mass is 35.5. The fourth-order valence-corrected chi connectivity index (χ4v) is 2.05. The van der Waals surface area contributed by atoms with Gasteiger partial charge in [0.05, 0.1) is 18.0 Å². The largest absolute Gasteiger partial charge is 0.482 e. The molecule has 0 unspecified atom stereocenters. The maximum Gasteiger partial charge on any atom is 0.348 e. The van der Waals surface area contributed by atoms with Crippen LogP contribution in [-0.4, -0.2) is 25.6 Å². The monoisotopic (exact) mass is 254 g/mol. The number of ether oxygens (including phenoxy) is 2. The third-order valence-electron chi connectivity index (χ3n) is 1.35. The minimum atomic E-state index is -0.419. The van der Waals surface area contributed by atoms with Crippen LogP contribution >= 0.6 is 34.5 Å². The molecule has 1 aromatic rings. The van der Waals surface area contributed by atoms with Crippen LogP contribution in [0.3, 0.4) is 0 Å². The molecule has 1 heterocycles. The molecule has 0 fully saturated rings. The highest BCUT2D eigenvalue weighted by Gasteiger charge is 2.14. The molecule has 0 bridgehead atoms. The molecule has 78 valence electrons. The number of hydrogen-bond donors (Lipinski definition) is 0. The molecule has 1 rings (SSSR count). The Kier molecular flexibility index (Phi) is 4.51. The van der Waals surface area contributed by atoms with E-state index >= 15 is 0 Å². The van der Waals surface area contributed by atoms with Crippen LogP contribution in [0.15, 0.2) is 6.07 Å². The summed E-state index contributed by atoms with van der Waals surface area (Å²) in [5.74, 6) is -0.0421. The topological polar surface area (TPSA) is 35.5 Å². The molecule has 0 saturated heterocycles. The third-order valence-corrected chi connectivity index (χ3v) is 2.93. The van der Waals surface area contributed by atoms with E-state index in [-0.39, 0.29) is 0 Å². The molecule has 0 aliphatic carbocycles. The van der Waals surface area contributed by atoms with E-state index in [1.165, 1.54) is 13.2 Å². The summed E-state index contributed by atoms with van der Waals surface area (Å²) in [6, 6.07) is 1.52. The van der Waals surface area contributed by atoms with Gasteiger partial charge in [-0.2, -0.15) is 0 Å². The second-order valence-corrected chi connectivity index (χ2v) is 4.07. The van der Waals surface area contributed by atoms with Crippen molar-refractivity contribution >= 4 is 40.5 Å². The van der Waals surface area contributed by atoms with Gasteiger partial charge in [-0.05, 0) is 6.07 Å². The summed E-state index contributed by atoms with van der Waals surface area (Å²) in [6.07, 6.45) is 0. The van der Waals surface area contributed by atoms with E-state index in [4.69, 9.17) is 27.9 Å². The minimum Gasteiger partial charge on any atom is -0.482 e. The lowest BCUT2D eigenvalue weighted by atomic mass is 10.5. The van der Waals surface area contributed by atoms with Crippen molar-refractivity contribution in [3.8, 4) is 5.06 Å². The van der Waals surface area contributed by atoms with Gasteiger partial charge < -0.3 is 9.47 Å². The Balaban J connectivity index is 2.76. The van der Waals surface area contributed by atoms with Gasteiger partial charge in [-0.25, -0.2) is 4.79 Å². The van der Waals surface area contributed by atoms with Crippen LogP contribution in [0.25, 0.3) is 0 Å². The normalized spacial score (nSPS) is 9.93. The standard InChI is InChI=1S/C8H8Cl2O3S/c1-12-7(11)6-4-5(10)8(14-6)13-3-2-9/h4H,2-3H2,1H3. The Hall–Kier alpha value is -0.450. The van der Waals surface area contributed by atoms with Gasteiger partial charge in [0.2, 0.25) is 0 Å². The number of methoxy groups -OCH3 is 1. The van der Waals surface area contributed by atoms with E-state index in [0.717, 1.165) is 11.3 Å². The van der Waals surface area contributed by atoms with Crippen LogP contribution in [0, 0.1) is 0 Å². The number of thiophene rings is 1. The average Bonchev–Trinajstić information content (AvgIpc) is 2.56. The Labute approximate surface area is 95.5 Å². The number of hydrogen-bond acceptors (Lipinski definition) is 4. The number of carbonyl (C=O) groups is 1. The van der Waals surface area contributed by atoms with Crippen molar-refractivity contribution in [2.24, 2.45) is 0 Å². The van der Waals surface area contributed by atoms with Gasteiger partial charge in [-0.15, -0.1) is 11.6 Å². The zero-order valence-electron chi connectivity index (χ0n) is 7.38. The van der Waals surface area contributed by atoms with Crippen LogP contribution in [0.4, 0.5) is 0 Å². The highest BCUT2D eigenvalue weighted by Crippen LogP contribution is 2.34. The van der Waals surface area contributed by atoms with E-state index in [2.05, 4.69) is 4.74 Å². The predicted octanol–water partition coefficient (Wildman–Crippen LogP) is 2.81. The molecule has 1 aromatic heterocycles. The Morgan fingerprint density at radius 2 is 2.36 bits per heavy atom. The smallest absolute Gasteiger partial charge is 0.348 e. The van der Waals surface area contributed by atoms with Gasteiger partial charge in [-0.3, -0.25) is 0 Å². The maximum atomic E-state index is 11.1. The fraction of sp³-hybridized carbons (Fsp3) is 0.375. The predicted molar refractivity (Wildman–Crippen MR) is 56.9 cm³/mol. The lowest BCUT2D eigenvalue weighted by Gasteiger charge is -1.99. The summed E-state index contributed by atoms with van der Waals surface area (Å²) < 4.78 is 9.75. The maximum absolute atomic E-state index is 11.1. The lowest BCUT2D eigenvalue weighted by Crippen LogP contribution is -1.97. The first-order chi connectivity index (χ1) is 6.69. The molecule has 0 saturated carbocycles. The molecule has 14 heavy (non-hydrogen) atoms. The van der Waals surface area contributed by atoms with Crippen molar-refractivity contribution in [3.63, 3.8) is 0 Å². The number of carbonyl (C=O) groups excluding carboxylic acids is 1. The molecule has 3 nitrogen and oxygen atoms in total. The molecule has 6 heteroatoms. The molecule has 0 amide bonds. The Morgan fingerprint density at radius 3 is 2.93 bits per heavy atom. The van der Waals surface area contributed by atoms with Crippen LogP contribution < -0.4 is 4.74 Å². The molecule has 0 atom stereocenters. The highest BCUT2D eigenvalue weighted by molar-refractivity contribution is 7.16. The zero-order chi connectivity index (χ0) is 10.6. The minimum absolute atomic E-state index is 0.363. The van der Waals surface area contributed by atoms with Crippen molar-refractivity contribution in [3.05, 3.63) is 16.0 Å². The van der Waals surface area contributed by atoms with Crippen LogP contribution in [0.2, 0.25) is 5.02 Å². The average molecular weight is 255 g/mol. The molecule has 0 aliphatic rings. The van der Waals surface area contributed by atoms with Crippen LogP contribution in [-0.2, 0) is 4.74 Å². The number of rotatable bonds is 4. The van der Waals surface area contributed by atoms with Gasteiger partial charge in [-0.1, -0.05) is 22.9 Å². The first kappa shape index (κ1) is 11.6. The quantitative estimate of drug-likeness (QED) is 0.613. The molecule has 0 aliphatic heterocycles. The van der Waals surface area contributed by atoms with E-state index in [0.29, 0.717) is 27.4 Å². The summed E-state index contributed by atoms with van der Waals surface area (Å²) >= 11 is 12.4. The summed E-state index contributed by atoms with van der Waals surface area (Å²) in [5, 5.41) is 0.897. The molecular weight excluding hydrogens is 247 g/mol.